The van der Waals surface area contributed by atoms with Crippen LogP contribution in [0.1, 0.15) is 37.7 Å². The summed E-state index contributed by atoms with van der Waals surface area (Å²) in [5.41, 5.74) is 0.993. The second kappa shape index (κ2) is 5.97. The molecule has 1 aliphatic rings. The molecular weight excluding hydrogens is 212 g/mol. The summed E-state index contributed by atoms with van der Waals surface area (Å²) in [6.07, 6.45) is 5.16. The summed E-state index contributed by atoms with van der Waals surface area (Å²) in [7, 11) is 0. The standard InChI is InChI=1S/C15H20O2/c16-14(11-12-7-3-1-4-8-12)15(17)13-9-5-2-6-10-13/h1,3-4,7-8,13,15,17H,2,5-6,9-11H2. The molecule has 0 spiro atoms. The van der Waals surface area contributed by atoms with Crippen LogP contribution < -0.4 is 0 Å². The molecule has 17 heavy (non-hydrogen) atoms. The lowest BCUT2D eigenvalue weighted by Crippen LogP contribution is -2.32. The number of ketones is 1. The Morgan fingerprint density at radius 1 is 1.18 bits per heavy atom. The zero-order valence-corrected chi connectivity index (χ0v) is 10.1. The number of aliphatic hydroxyl groups excluding tert-OH is 1. The first-order valence-corrected chi connectivity index (χ1v) is 6.52. The Bertz CT molecular complexity index is 352. The second-order valence-electron chi connectivity index (χ2n) is 4.97. The van der Waals surface area contributed by atoms with Crippen LogP contribution in [0.5, 0.6) is 0 Å². The summed E-state index contributed by atoms with van der Waals surface area (Å²) in [5.74, 6) is 0.170. The number of carbonyl (C=O) groups excluding carboxylic acids is 1. The van der Waals surface area contributed by atoms with E-state index in [2.05, 4.69) is 0 Å². The van der Waals surface area contributed by atoms with Crippen LogP contribution in [0.3, 0.4) is 0 Å². The smallest absolute Gasteiger partial charge is 0.165 e. The van der Waals surface area contributed by atoms with Crippen LogP contribution in [-0.4, -0.2) is 17.0 Å². The summed E-state index contributed by atoms with van der Waals surface area (Å²) in [5, 5.41) is 10.1. The van der Waals surface area contributed by atoms with E-state index < -0.39 is 6.10 Å². The van der Waals surface area contributed by atoms with E-state index in [9.17, 15) is 9.90 Å². The van der Waals surface area contributed by atoms with Gasteiger partial charge in [0.2, 0.25) is 0 Å². The fourth-order valence-corrected chi connectivity index (χ4v) is 2.61. The van der Waals surface area contributed by atoms with Gasteiger partial charge >= 0.3 is 0 Å². The molecule has 92 valence electrons. The third-order valence-corrected chi connectivity index (χ3v) is 3.65. The topological polar surface area (TPSA) is 37.3 Å². The molecule has 1 N–H and O–H groups in total. The third kappa shape index (κ3) is 3.40. The van der Waals surface area contributed by atoms with Crippen molar-refractivity contribution in [2.45, 2.75) is 44.6 Å². The average molecular weight is 232 g/mol. The van der Waals surface area contributed by atoms with Gasteiger partial charge in [0, 0.05) is 6.42 Å². The van der Waals surface area contributed by atoms with Crippen molar-refractivity contribution in [2.75, 3.05) is 0 Å². The molecule has 0 aliphatic heterocycles. The summed E-state index contributed by atoms with van der Waals surface area (Å²) in [6.45, 7) is 0. The Labute approximate surface area is 103 Å². The number of benzene rings is 1. The molecule has 0 heterocycles. The van der Waals surface area contributed by atoms with E-state index in [4.69, 9.17) is 0 Å². The average Bonchev–Trinajstić information content (AvgIpc) is 2.40. The lowest BCUT2D eigenvalue weighted by atomic mass is 9.83. The first-order valence-electron chi connectivity index (χ1n) is 6.52. The van der Waals surface area contributed by atoms with Gasteiger partial charge < -0.3 is 5.11 Å². The van der Waals surface area contributed by atoms with Crippen molar-refractivity contribution >= 4 is 5.78 Å². The molecule has 0 amide bonds. The fourth-order valence-electron chi connectivity index (χ4n) is 2.61. The maximum atomic E-state index is 12.0. The Morgan fingerprint density at radius 3 is 2.47 bits per heavy atom. The molecule has 1 atom stereocenters. The van der Waals surface area contributed by atoms with E-state index >= 15 is 0 Å². The van der Waals surface area contributed by atoms with Crippen LogP contribution in [0.4, 0.5) is 0 Å². The highest BCUT2D eigenvalue weighted by molar-refractivity contribution is 5.85. The highest BCUT2D eigenvalue weighted by atomic mass is 16.3. The molecule has 2 heteroatoms. The van der Waals surface area contributed by atoms with Crippen molar-refractivity contribution in [1.29, 1.82) is 0 Å². The van der Waals surface area contributed by atoms with Crippen molar-refractivity contribution in [3.63, 3.8) is 0 Å². The highest BCUT2D eigenvalue weighted by Gasteiger charge is 2.26. The molecule has 0 bridgehead atoms. The molecule has 1 unspecified atom stereocenters. The predicted molar refractivity (Wildman–Crippen MR) is 67.7 cm³/mol. The van der Waals surface area contributed by atoms with Crippen LogP contribution in [0.15, 0.2) is 30.3 Å². The molecule has 1 saturated carbocycles. The van der Waals surface area contributed by atoms with Crippen LogP contribution in [-0.2, 0) is 11.2 Å². The summed E-state index contributed by atoms with van der Waals surface area (Å²) in [6, 6.07) is 9.66. The zero-order chi connectivity index (χ0) is 12.1. The van der Waals surface area contributed by atoms with E-state index in [0.29, 0.717) is 6.42 Å². The van der Waals surface area contributed by atoms with Gasteiger partial charge in [-0.3, -0.25) is 4.79 Å². The lowest BCUT2D eigenvalue weighted by Gasteiger charge is -2.25. The van der Waals surface area contributed by atoms with Crippen molar-refractivity contribution in [3.05, 3.63) is 35.9 Å². The number of Topliss-reactive ketones (excluding diaryl/α,β-unsaturated/α-hetero) is 1. The van der Waals surface area contributed by atoms with Gasteiger partial charge in [-0.25, -0.2) is 0 Å². The number of carbonyl (C=O) groups is 1. The van der Waals surface area contributed by atoms with E-state index in [1.165, 1.54) is 6.42 Å². The van der Waals surface area contributed by atoms with Crippen molar-refractivity contribution < 1.29 is 9.90 Å². The Kier molecular flexibility index (Phi) is 4.32. The molecule has 1 aromatic rings. The van der Waals surface area contributed by atoms with Gasteiger partial charge in [-0.15, -0.1) is 0 Å². The van der Waals surface area contributed by atoms with E-state index in [-0.39, 0.29) is 11.7 Å². The zero-order valence-electron chi connectivity index (χ0n) is 10.1. The Hall–Kier alpha value is -1.15. The molecule has 1 aromatic carbocycles. The van der Waals surface area contributed by atoms with Crippen LogP contribution in [0, 0.1) is 5.92 Å². The first-order chi connectivity index (χ1) is 8.27. The van der Waals surface area contributed by atoms with Gasteiger partial charge in [0.1, 0.15) is 6.10 Å². The number of aliphatic hydroxyl groups is 1. The monoisotopic (exact) mass is 232 g/mol. The van der Waals surface area contributed by atoms with E-state index in [0.717, 1.165) is 31.2 Å². The Morgan fingerprint density at radius 2 is 1.82 bits per heavy atom. The minimum Gasteiger partial charge on any atom is -0.385 e. The van der Waals surface area contributed by atoms with E-state index in [1.807, 2.05) is 30.3 Å². The number of hydrogen-bond acceptors (Lipinski definition) is 2. The molecular formula is C15H20O2. The van der Waals surface area contributed by atoms with Gasteiger partial charge in [0.15, 0.2) is 5.78 Å². The highest BCUT2D eigenvalue weighted by Crippen LogP contribution is 2.27. The SMILES string of the molecule is O=C(Cc1ccccc1)C(O)C1CCCCC1. The largest absolute Gasteiger partial charge is 0.385 e. The molecule has 2 nitrogen and oxygen atoms in total. The summed E-state index contributed by atoms with van der Waals surface area (Å²) >= 11 is 0. The first kappa shape index (κ1) is 12.3. The predicted octanol–water partition coefficient (Wildman–Crippen LogP) is 2.74. The minimum absolute atomic E-state index is 0.0249. The molecule has 1 fully saturated rings. The molecule has 0 saturated heterocycles. The normalized spacial score (nSPS) is 18.9. The number of hydrogen-bond donors (Lipinski definition) is 1. The summed E-state index contributed by atoms with van der Waals surface area (Å²) < 4.78 is 0. The maximum Gasteiger partial charge on any atom is 0.165 e. The van der Waals surface area contributed by atoms with Gasteiger partial charge in [0.05, 0.1) is 0 Å². The minimum atomic E-state index is -0.754. The van der Waals surface area contributed by atoms with Gasteiger partial charge in [-0.05, 0) is 24.3 Å². The quantitative estimate of drug-likeness (QED) is 0.866. The lowest BCUT2D eigenvalue weighted by molar-refractivity contribution is -0.129. The molecule has 2 rings (SSSR count). The van der Waals surface area contributed by atoms with Crippen LogP contribution in [0.25, 0.3) is 0 Å². The number of rotatable bonds is 4. The third-order valence-electron chi connectivity index (χ3n) is 3.65. The van der Waals surface area contributed by atoms with Gasteiger partial charge in [-0.1, -0.05) is 49.6 Å². The fraction of sp³-hybridized carbons (Fsp3) is 0.533. The van der Waals surface area contributed by atoms with Crippen LogP contribution >= 0.6 is 0 Å². The molecule has 1 aliphatic carbocycles. The van der Waals surface area contributed by atoms with E-state index in [1.54, 1.807) is 0 Å². The Balaban J connectivity index is 1.90. The summed E-state index contributed by atoms with van der Waals surface area (Å²) in [4.78, 5) is 12.0. The van der Waals surface area contributed by atoms with Crippen LogP contribution in [0.2, 0.25) is 0 Å². The van der Waals surface area contributed by atoms with Gasteiger partial charge in [0.25, 0.3) is 0 Å². The molecule has 0 aromatic heterocycles. The van der Waals surface area contributed by atoms with Crippen molar-refractivity contribution in [2.24, 2.45) is 5.92 Å². The van der Waals surface area contributed by atoms with Gasteiger partial charge in [-0.2, -0.15) is 0 Å². The van der Waals surface area contributed by atoms with Crippen molar-refractivity contribution in [1.82, 2.24) is 0 Å². The van der Waals surface area contributed by atoms with Crippen molar-refractivity contribution in [3.8, 4) is 0 Å². The maximum absolute atomic E-state index is 12.0. The second-order valence-corrected chi connectivity index (χ2v) is 4.97. The molecule has 0 radical (unpaired) electrons.